The van der Waals surface area contributed by atoms with Crippen LogP contribution in [0.2, 0.25) is 0 Å². The molecule has 11 heteroatoms. The third-order valence-electron chi connectivity index (χ3n) is 11.5. The molecule has 4 fully saturated rings. The third kappa shape index (κ3) is 4.67. The van der Waals surface area contributed by atoms with Gasteiger partial charge in [0.2, 0.25) is 0 Å². The molecule has 0 saturated heterocycles. The van der Waals surface area contributed by atoms with Crippen LogP contribution in [0, 0.1) is 46.3 Å². The zero-order valence-electron chi connectivity index (χ0n) is 23.1. The average Bonchev–Trinajstić information content (AvgIpc) is 3.08. The summed E-state index contributed by atoms with van der Waals surface area (Å²) >= 11 is 0. The second kappa shape index (κ2) is 10.2. The Balaban J connectivity index is 1.74. The first-order valence-corrected chi connectivity index (χ1v) is 15.5. The fraction of sp³-hybridized carbons (Fsp3) is 1.00. The monoisotopic (exact) mass is 564 g/mol. The maximum atomic E-state index is 12.5. The highest BCUT2D eigenvalue weighted by atomic mass is 32.3. The summed E-state index contributed by atoms with van der Waals surface area (Å²) in [5.74, 6) is -2.24. The zero-order valence-corrected chi connectivity index (χ0v) is 24.0. The van der Waals surface area contributed by atoms with Gasteiger partial charge in [0.15, 0.2) is 0 Å². The molecule has 4 aliphatic carbocycles. The van der Waals surface area contributed by atoms with E-state index in [9.17, 15) is 43.6 Å². The Labute approximate surface area is 226 Å². The number of rotatable bonds is 7. The van der Waals surface area contributed by atoms with E-state index in [4.69, 9.17) is 4.18 Å². The van der Waals surface area contributed by atoms with Gasteiger partial charge in [-0.2, -0.15) is 8.42 Å². The summed E-state index contributed by atoms with van der Waals surface area (Å²) in [5, 5.41) is 67.5. The van der Waals surface area contributed by atoms with Crippen molar-refractivity contribution in [1.82, 2.24) is 0 Å². The van der Waals surface area contributed by atoms with Crippen molar-refractivity contribution in [1.29, 1.82) is 0 Å². The summed E-state index contributed by atoms with van der Waals surface area (Å²) in [6.45, 7) is 9.85. The minimum atomic E-state index is -5.09. The van der Waals surface area contributed by atoms with Crippen molar-refractivity contribution in [3.8, 4) is 0 Å². The molecule has 0 aromatic heterocycles. The number of hydrogen-bond donors (Lipinski definition) is 7. The van der Waals surface area contributed by atoms with Gasteiger partial charge in [-0.05, 0) is 79.4 Å². The van der Waals surface area contributed by atoms with E-state index in [1.165, 1.54) is 0 Å². The Bertz CT molecular complexity index is 975. The lowest BCUT2D eigenvalue weighted by atomic mass is 9.40. The van der Waals surface area contributed by atoms with E-state index >= 15 is 0 Å². The first-order valence-electron chi connectivity index (χ1n) is 14.2. The number of hydrogen-bond acceptors (Lipinski definition) is 9. The van der Waals surface area contributed by atoms with Crippen molar-refractivity contribution in [2.24, 2.45) is 46.3 Å². The van der Waals surface area contributed by atoms with E-state index in [1.54, 1.807) is 0 Å². The molecule has 0 spiro atoms. The van der Waals surface area contributed by atoms with Crippen molar-refractivity contribution in [2.75, 3.05) is 0 Å². The fourth-order valence-electron chi connectivity index (χ4n) is 9.63. The lowest BCUT2D eigenvalue weighted by Crippen LogP contribution is -2.77. The summed E-state index contributed by atoms with van der Waals surface area (Å²) in [6.07, 6.45) is -4.13. The molecule has 0 heterocycles. The van der Waals surface area contributed by atoms with Crippen LogP contribution in [0.4, 0.5) is 0 Å². The predicted molar refractivity (Wildman–Crippen MR) is 138 cm³/mol. The minimum Gasteiger partial charge on any atom is -0.393 e. The average molecular weight is 565 g/mol. The van der Waals surface area contributed by atoms with E-state index in [-0.39, 0.29) is 24.2 Å². The van der Waals surface area contributed by atoms with Gasteiger partial charge in [0.25, 0.3) is 0 Å². The van der Waals surface area contributed by atoms with Crippen molar-refractivity contribution in [2.45, 2.75) is 122 Å². The van der Waals surface area contributed by atoms with E-state index in [0.717, 1.165) is 6.42 Å². The molecule has 10 nitrogen and oxygen atoms in total. The molecular weight excluding hydrogens is 516 g/mol. The SMILES string of the molecule is CC(C)[C@@H](O)CC[C@@H](C)[C@H]1C[C@@H](O)[C@@H]2[C@]1(C)CC[C@H]1[C@@]2(O)[C@H](O)[C@H](OS(=O)(=O)O)C2C(O)[C@@H](O)CC[C@@]21C. The van der Waals surface area contributed by atoms with Crippen molar-refractivity contribution < 1.29 is 47.8 Å². The summed E-state index contributed by atoms with van der Waals surface area (Å²) in [7, 11) is -5.09. The van der Waals surface area contributed by atoms with Gasteiger partial charge in [0.05, 0.1) is 24.4 Å². The van der Waals surface area contributed by atoms with Crippen LogP contribution < -0.4 is 0 Å². The second-order valence-corrected chi connectivity index (χ2v) is 14.8. The molecule has 4 aliphatic rings. The van der Waals surface area contributed by atoms with Crippen LogP contribution in [0.15, 0.2) is 0 Å². The molecular formula is C27H48O10S. The van der Waals surface area contributed by atoms with Gasteiger partial charge in [-0.1, -0.05) is 34.6 Å². The van der Waals surface area contributed by atoms with Crippen LogP contribution in [-0.4, -0.2) is 85.8 Å². The number of aliphatic hydroxyl groups is 6. The Morgan fingerprint density at radius 1 is 0.947 bits per heavy atom. The first kappa shape index (κ1) is 30.6. The van der Waals surface area contributed by atoms with Crippen LogP contribution in [0.25, 0.3) is 0 Å². The minimum absolute atomic E-state index is 0.00993. The molecule has 222 valence electrons. The largest absolute Gasteiger partial charge is 0.397 e. The van der Waals surface area contributed by atoms with Crippen molar-refractivity contribution in [3.63, 3.8) is 0 Å². The molecule has 0 amide bonds. The Morgan fingerprint density at radius 2 is 1.55 bits per heavy atom. The lowest BCUT2D eigenvalue weighted by Gasteiger charge is -2.68. The molecule has 0 aromatic rings. The molecule has 4 saturated carbocycles. The Morgan fingerprint density at radius 3 is 2.13 bits per heavy atom. The standard InChI is InChI=1S/C27H48O10S/c1-13(2)16(28)7-6-14(3)15-12-18(30)23-25(15,4)11-9-19-26(5)10-8-17(29)21(31)20(26)22(37-38(34,35)36)24(32)27(19,23)33/h13-24,28-33H,6-12H2,1-5H3,(H,34,35,36)/t14-,15-,16+,17+,18-,19-,20?,21?,22-,23-,24-,25-,26-,27+/m1/s1. The summed E-state index contributed by atoms with van der Waals surface area (Å²) < 4.78 is 38.3. The molecule has 38 heavy (non-hydrogen) atoms. The normalized spacial score (nSPS) is 50.7. The third-order valence-corrected chi connectivity index (χ3v) is 12.0. The summed E-state index contributed by atoms with van der Waals surface area (Å²) in [6, 6.07) is 0. The Hall–Kier alpha value is -0.370. The maximum Gasteiger partial charge on any atom is 0.397 e. The molecule has 0 aliphatic heterocycles. The fourth-order valence-corrected chi connectivity index (χ4v) is 10.1. The summed E-state index contributed by atoms with van der Waals surface area (Å²) in [5.41, 5.74) is -3.48. The van der Waals surface area contributed by atoms with E-state index in [2.05, 4.69) is 6.92 Å². The molecule has 4 rings (SSSR count). The van der Waals surface area contributed by atoms with E-state index in [0.29, 0.717) is 32.1 Å². The number of aliphatic hydroxyl groups excluding tert-OH is 5. The van der Waals surface area contributed by atoms with Crippen LogP contribution in [0.1, 0.15) is 79.6 Å². The van der Waals surface area contributed by atoms with E-state index in [1.807, 2.05) is 27.7 Å². The molecule has 14 atom stereocenters. The molecule has 0 aromatic carbocycles. The highest BCUT2D eigenvalue weighted by Crippen LogP contribution is 2.70. The van der Waals surface area contributed by atoms with Crippen LogP contribution in [0.5, 0.6) is 0 Å². The number of fused-ring (bicyclic) bond motifs is 5. The van der Waals surface area contributed by atoms with Gasteiger partial charge >= 0.3 is 10.4 Å². The van der Waals surface area contributed by atoms with Crippen molar-refractivity contribution in [3.05, 3.63) is 0 Å². The smallest absolute Gasteiger partial charge is 0.393 e. The Kier molecular flexibility index (Phi) is 8.18. The lowest BCUT2D eigenvalue weighted by molar-refractivity contribution is -0.318. The second-order valence-electron chi connectivity index (χ2n) is 13.8. The summed E-state index contributed by atoms with van der Waals surface area (Å²) in [4.78, 5) is 0. The predicted octanol–water partition coefficient (Wildman–Crippen LogP) is 1.26. The molecule has 0 bridgehead atoms. The van der Waals surface area contributed by atoms with E-state index < -0.39 is 81.2 Å². The highest BCUT2D eigenvalue weighted by molar-refractivity contribution is 7.80. The maximum absolute atomic E-state index is 12.5. The molecule has 0 radical (unpaired) electrons. The van der Waals surface area contributed by atoms with Gasteiger partial charge in [0.1, 0.15) is 17.8 Å². The zero-order chi connectivity index (χ0) is 28.6. The quantitative estimate of drug-likeness (QED) is 0.222. The highest BCUT2D eigenvalue weighted by Gasteiger charge is 2.75. The van der Waals surface area contributed by atoms with Crippen LogP contribution >= 0.6 is 0 Å². The van der Waals surface area contributed by atoms with Crippen LogP contribution in [-0.2, 0) is 14.6 Å². The van der Waals surface area contributed by atoms with Gasteiger partial charge in [-0.25, -0.2) is 4.18 Å². The van der Waals surface area contributed by atoms with Gasteiger partial charge in [0, 0.05) is 11.8 Å². The molecule has 2 unspecified atom stereocenters. The molecule has 7 N–H and O–H groups in total. The topological polar surface area (TPSA) is 185 Å². The van der Waals surface area contributed by atoms with Gasteiger partial charge in [-0.15, -0.1) is 0 Å². The van der Waals surface area contributed by atoms with Gasteiger partial charge < -0.3 is 30.6 Å². The first-order chi connectivity index (χ1) is 17.4. The van der Waals surface area contributed by atoms with Gasteiger partial charge in [-0.3, -0.25) is 4.55 Å². The van der Waals surface area contributed by atoms with Crippen molar-refractivity contribution >= 4 is 10.4 Å². The van der Waals surface area contributed by atoms with Crippen LogP contribution in [0.3, 0.4) is 0 Å².